The van der Waals surface area contributed by atoms with Gasteiger partial charge >= 0.3 is 0 Å². The van der Waals surface area contributed by atoms with Crippen molar-refractivity contribution in [2.45, 2.75) is 44.2 Å². The Morgan fingerprint density at radius 1 is 1.37 bits per heavy atom. The van der Waals surface area contributed by atoms with E-state index in [-0.39, 0.29) is 11.9 Å². The van der Waals surface area contributed by atoms with E-state index in [9.17, 15) is 9.18 Å². The number of halogens is 2. The molecule has 0 aromatic heterocycles. The lowest BCUT2D eigenvalue weighted by molar-refractivity contribution is -0.120. The van der Waals surface area contributed by atoms with E-state index >= 15 is 0 Å². The van der Waals surface area contributed by atoms with E-state index in [4.69, 9.17) is 5.73 Å². The summed E-state index contributed by atoms with van der Waals surface area (Å²) in [6.07, 6.45) is 5.66. The number of carbonyl (C=O) groups excluding carboxylic acids is 1. The summed E-state index contributed by atoms with van der Waals surface area (Å²) in [5.41, 5.74) is 6.02. The number of nitrogens with one attached hydrogen (secondary N) is 1. The Hall–Kier alpha value is -0.940. The molecule has 19 heavy (non-hydrogen) atoms. The minimum absolute atomic E-state index is 0.290. The van der Waals surface area contributed by atoms with Gasteiger partial charge in [0.25, 0.3) is 0 Å². The van der Waals surface area contributed by atoms with Crippen LogP contribution in [0.2, 0.25) is 0 Å². The molecule has 1 atom stereocenters. The quantitative estimate of drug-likeness (QED) is 0.892. The van der Waals surface area contributed by atoms with E-state index in [1.165, 1.54) is 12.5 Å². The Bertz CT molecular complexity index is 461. The van der Waals surface area contributed by atoms with Crippen molar-refractivity contribution in [3.8, 4) is 0 Å². The molecule has 2 rings (SSSR count). The number of primary amides is 1. The first-order valence-corrected chi connectivity index (χ1v) is 7.37. The van der Waals surface area contributed by atoms with E-state index in [0.29, 0.717) is 10.0 Å². The average Bonchev–Trinajstić information content (AvgIpc) is 2.40. The maximum Gasteiger partial charge on any atom is 0.239 e. The van der Waals surface area contributed by atoms with Gasteiger partial charge in [0.05, 0.1) is 4.47 Å². The molecule has 1 aromatic carbocycles. The third kappa shape index (κ3) is 3.76. The van der Waals surface area contributed by atoms with Gasteiger partial charge in [-0.15, -0.1) is 0 Å². The van der Waals surface area contributed by atoms with Gasteiger partial charge in [-0.3, -0.25) is 10.1 Å². The molecule has 1 saturated carbocycles. The number of rotatable bonds is 4. The highest BCUT2D eigenvalue weighted by Gasteiger charge is 2.23. The first-order chi connectivity index (χ1) is 9.08. The van der Waals surface area contributed by atoms with Crippen LogP contribution in [0.5, 0.6) is 0 Å². The van der Waals surface area contributed by atoms with Gasteiger partial charge in [-0.25, -0.2) is 4.39 Å². The minimum atomic E-state index is -0.620. The summed E-state index contributed by atoms with van der Waals surface area (Å²) in [4.78, 5) is 11.6. The summed E-state index contributed by atoms with van der Waals surface area (Å²) < 4.78 is 13.9. The predicted molar refractivity (Wildman–Crippen MR) is 76.0 cm³/mol. The molecule has 0 heterocycles. The topological polar surface area (TPSA) is 55.1 Å². The van der Waals surface area contributed by atoms with Crippen LogP contribution in [0.15, 0.2) is 22.7 Å². The summed E-state index contributed by atoms with van der Waals surface area (Å²) in [7, 11) is 0. The summed E-state index contributed by atoms with van der Waals surface area (Å²) >= 11 is 3.10. The molecular formula is C14H18BrFN2O. The van der Waals surface area contributed by atoms with Crippen molar-refractivity contribution in [3.63, 3.8) is 0 Å². The standard InChI is InChI=1S/C14H18BrFN2O/c15-11-7-6-9(8-12(11)16)13(14(17)19)18-10-4-2-1-3-5-10/h6-8,10,13,18H,1-5H2,(H2,17,19). The molecule has 0 radical (unpaired) electrons. The molecule has 1 aromatic rings. The van der Waals surface area contributed by atoms with Gasteiger partial charge in [0.1, 0.15) is 11.9 Å². The largest absolute Gasteiger partial charge is 0.368 e. The summed E-state index contributed by atoms with van der Waals surface area (Å²) in [5.74, 6) is -0.846. The molecule has 1 amide bonds. The van der Waals surface area contributed by atoms with Crippen LogP contribution in [0.25, 0.3) is 0 Å². The molecule has 104 valence electrons. The highest BCUT2D eigenvalue weighted by Crippen LogP contribution is 2.24. The monoisotopic (exact) mass is 328 g/mol. The number of carbonyl (C=O) groups is 1. The molecule has 0 aliphatic heterocycles. The van der Waals surface area contributed by atoms with E-state index < -0.39 is 11.9 Å². The lowest BCUT2D eigenvalue weighted by Gasteiger charge is -2.27. The normalized spacial score (nSPS) is 18.2. The zero-order valence-corrected chi connectivity index (χ0v) is 12.2. The lowest BCUT2D eigenvalue weighted by Crippen LogP contribution is -2.41. The van der Waals surface area contributed by atoms with E-state index in [2.05, 4.69) is 21.2 Å². The van der Waals surface area contributed by atoms with Crippen molar-refractivity contribution >= 4 is 21.8 Å². The fourth-order valence-corrected chi connectivity index (χ4v) is 2.79. The molecule has 0 saturated heterocycles. The summed E-state index contributed by atoms with van der Waals surface area (Å²) in [6.45, 7) is 0. The van der Waals surface area contributed by atoms with E-state index in [1.807, 2.05) is 0 Å². The molecule has 1 unspecified atom stereocenters. The maximum atomic E-state index is 13.6. The van der Waals surface area contributed by atoms with E-state index in [0.717, 1.165) is 25.7 Å². The second-order valence-electron chi connectivity index (χ2n) is 5.01. The number of amides is 1. The van der Waals surface area contributed by atoms with Crippen molar-refractivity contribution in [2.24, 2.45) is 5.73 Å². The number of hydrogen-bond acceptors (Lipinski definition) is 2. The Morgan fingerprint density at radius 3 is 2.63 bits per heavy atom. The van der Waals surface area contributed by atoms with Crippen molar-refractivity contribution in [1.29, 1.82) is 0 Å². The molecule has 5 heteroatoms. The molecule has 0 spiro atoms. The smallest absolute Gasteiger partial charge is 0.239 e. The summed E-state index contributed by atoms with van der Waals surface area (Å²) in [6, 6.07) is 4.35. The van der Waals surface area contributed by atoms with Crippen LogP contribution in [0.4, 0.5) is 4.39 Å². The predicted octanol–water partition coefficient (Wildman–Crippen LogP) is 3.04. The zero-order valence-electron chi connectivity index (χ0n) is 10.7. The van der Waals surface area contributed by atoms with Crippen molar-refractivity contribution in [1.82, 2.24) is 5.32 Å². The van der Waals surface area contributed by atoms with Crippen LogP contribution in [-0.2, 0) is 4.79 Å². The first-order valence-electron chi connectivity index (χ1n) is 6.58. The molecule has 0 bridgehead atoms. The first kappa shape index (κ1) is 14.5. The SMILES string of the molecule is NC(=O)C(NC1CCCCC1)c1ccc(Br)c(F)c1. The molecule has 1 fully saturated rings. The Kier molecular flexibility index (Phi) is 4.93. The van der Waals surface area contributed by atoms with Gasteiger partial charge < -0.3 is 5.73 Å². The number of nitrogens with two attached hydrogens (primary N) is 1. The van der Waals surface area contributed by atoms with Gasteiger partial charge in [0.15, 0.2) is 0 Å². The van der Waals surface area contributed by atoms with Crippen LogP contribution in [0, 0.1) is 5.82 Å². The highest BCUT2D eigenvalue weighted by molar-refractivity contribution is 9.10. The van der Waals surface area contributed by atoms with Crippen LogP contribution < -0.4 is 11.1 Å². The molecular weight excluding hydrogens is 311 g/mol. The third-order valence-electron chi connectivity index (χ3n) is 3.57. The Labute approximate surface area is 120 Å². The van der Waals surface area contributed by atoms with Crippen LogP contribution in [0.3, 0.4) is 0 Å². The van der Waals surface area contributed by atoms with Crippen LogP contribution in [0.1, 0.15) is 43.7 Å². The lowest BCUT2D eigenvalue weighted by atomic mass is 9.94. The molecule has 1 aliphatic carbocycles. The van der Waals surface area contributed by atoms with Crippen molar-refractivity contribution < 1.29 is 9.18 Å². The zero-order chi connectivity index (χ0) is 13.8. The second kappa shape index (κ2) is 6.48. The van der Waals surface area contributed by atoms with Crippen LogP contribution in [-0.4, -0.2) is 11.9 Å². The second-order valence-corrected chi connectivity index (χ2v) is 5.86. The molecule has 3 nitrogen and oxygen atoms in total. The van der Waals surface area contributed by atoms with Gasteiger partial charge in [0.2, 0.25) is 5.91 Å². The fraction of sp³-hybridized carbons (Fsp3) is 0.500. The van der Waals surface area contributed by atoms with Gasteiger partial charge in [0, 0.05) is 6.04 Å². The highest BCUT2D eigenvalue weighted by atomic mass is 79.9. The minimum Gasteiger partial charge on any atom is -0.368 e. The maximum absolute atomic E-state index is 13.6. The van der Waals surface area contributed by atoms with Crippen molar-refractivity contribution in [2.75, 3.05) is 0 Å². The summed E-state index contributed by atoms with van der Waals surface area (Å²) in [5, 5.41) is 3.26. The van der Waals surface area contributed by atoms with Crippen molar-refractivity contribution in [3.05, 3.63) is 34.1 Å². The van der Waals surface area contributed by atoms with Gasteiger partial charge in [-0.2, -0.15) is 0 Å². The number of benzene rings is 1. The van der Waals surface area contributed by atoms with Gasteiger partial charge in [-0.1, -0.05) is 25.3 Å². The van der Waals surface area contributed by atoms with Gasteiger partial charge in [-0.05, 0) is 46.5 Å². The van der Waals surface area contributed by atoms with Crippen LogP contribution >= 0.6 is 15.9 Å². The van der Waals surface area contributed by atoms with E-state index in [1.54, 1.807) is 12.1 Å². The molecule has 1 aliphatic rings. The number of hydrogen-bond donors (Lipinski definition) is 2. The average molecular weight is 329 g/mol. The fourth-order valence-electron chi connectivity index (χ4n) is 2.54. The Morgan fingerprint density at radius 2 is 2.05 bits per heavy atom. The third-order valence-corrected chi connectivity index (χ3v) is 4.21. The Balaban J connectivity index is 2.14. The molecule has 3 N–H and O–H groups in total.